The van der Waals surface area contributed by atoms with Crippen LogP contribution >= 0.6 is 0 Å². The third-order valence-corrected chi connectivity index (χ3v) is 3.18. The molecule has 0 saturated heterocycles. The highest BCUT2D eigenvalue weighted by molar-refractivity contribution is 5.90. The summed E-state index contributed by atoms with van der Waals surface area (Å²) < 4.78 is 0. The molecule has 0 amide bonds. The molecular formula is C8H12O3. The number of fused-ring (bicyclic) bond motifs is 1. The second kappa shape index (κ2) is 1.84. The van der Waals surface area contributed by atoms with Crippen molar-refractivity contribution in [2.24, 2.45) is 11.3 Å². The summed E-state index contributed by atoms with van der Waals surface area (Å²) in [6.07, 6.45) is -0.0216. The lowest BCUT2D eigenvalue weighted by molar-refractivity contribution is -0.131. The van der Waals surface area contributed by atoms with Crippen molar-refractivity contribution in [2.45, 2.75) is 32.0 Å². The highest BCUT2D eigenvalue weighted by atomic mass is 16.3. The maximum atomic E-state index is 11.2. The van der Waals surface area contributed by atoms with Crippen molar-refractivity contribution in [3.8, 4) is 0 Å². The maximum Gasteiger partial charge on any atom is 0.167 e. The first-order chi connectivity index (χ1) is 5.07. The Bertz CT molecular complexity index is 213. The lowest BCUT2D eigenvalue weighted by atomic mass is 9.87. The van der Waals surface area contributed by atoms with Gasteiger partial charge in [-0.1, -0.05) is 6.92 Å². The topological polar surface area (TPSA) is 57.5 Å². The fourth-order valence-corrected chi connectivity index (χ4v) is 2.12. The molecule has 2 N–H and O–H groups in total. The van der Waals surface area contributed by atoms with Gasteiger partial charge in [0.05, 0.1) is 12.0 Å². The van der Waals surface area contributed by atoms with Crippen molar-refractivity contribution in [2.75, 3.05) is 0 Å². The van der Waals surface area contributed by atoms with Gasteiger partial charge < -0.3 is 10.2 Å². The predicted octanol–water partition coefficient (Wildman–Crippen LogP) is -0.293. The van der Waals surface area contributed by atoms with E-state index in [-0.39, 0.29) is 17.1 Å². The third kappa shape index (κ3) is 0.726. The Labute approximate surface area is 65.0 Å². The van der Waals surface area contributed by atoms with E-state index >= 15 is 0 Å². The standard InChI is InChI=1S/C8H12O3/c1-8-3-2-4(9)6(10)5(8)7(8)11/h4-5,7,9,11H,2-3H2,1H3. The summed E-state index contributed by atoms with van der Waals surface area (Å²) >= 11 is 0. The average molecular weight is 156 g/mol. The van der Waals surface area contributed by atoms with Crippen LogP contribution in [0.25, 0.3) is 0 Å². The first-order valence-corrected chi connectivity index (χ1v) is 3.97. The summed E-state index contributed by atoms with van der Waals surface area (Å²) in [5.41, 5.74) is -0.198. The summed E-state index contributed by atoms with van der Waals surface area (Å²) in [4.78, 5) is 11.2. The highest BCUT2D eigenvalue weighted by Crippen LogP contribution is 2.59. The van der Waals surface area contributed by atoms with E-state index in [4.69, 9.17) is 5.11 Å². The van der Waals surface area contributed by atoms with Gasteiger partial charge in [-0.05, 0) is 12.8 Å². The molecule has 4 unspecified atom stereocenters. The van der Waals surface area contributed by atoms with Gasteiger partial charge in [-0.2, -0.15) is 0 Å². The quantitative estimate of drug-likeness (QED) is 0.506. The molecule has 3 heteroatoms. The van der Waals surface area contributed by atoms with Crippen molar-refractivity contribution >= 4 is 5.78 Å². The van der Waals surface area contributed by atoms with Crippen molar-refractivity contribution in [3.05, 3.63) is 0 Å². The molecule has 0 aromatic carbocycles. The van der Waals surface area contributed by atoms with E-state index in [0.717, 1.165) is 6.42 Å². The van der Waals surface area contributed by atoms with E-state index in [2.05, 4.69) is 0 Å². The summed E-state index contributed by atoms with van der Waals surface area (Å²) in [5, 5.41) is 18.5. The summed E-state index contributed by atoms with van der Waals surface area (Å²) in [5.74, 6) is -0.433. The van der Waals surface area contributed by atoms with E-state index in [1.54, 1.807) is 0 Å². The Balaban J connectivity index is 2.21. The number of carbonyl (C=O) groups is 1. The van der Waals surface area contributed by atoms with Gasteiger partial charge in [-0.25, -0.2) is 0 Å². The van der Waals surface area contributed by atoms with Gasteiger partial charge in [0.2, 0.25) is 0 Å². The predicted molar refractivity (Wildman–Crippen MR) is 37.9 cm³/mol. The summed E-state index contributed by atoms with van der Waals surface area (Å²) in [6.45, 7) is 1.91. The summed E-state index contributed by atoms with van der Waals surface area (Å²) in [7, 11) is 0. The second-order valence-electron chi connectivity index (χ2n) is 3.89. The molecule has 0 aromatic rings. The number of ketones is 1. The van der Waals surface area contributed by atoms with Gasteiger partial charge in [-0.15, -0.1) is 0 Å². The van der Waals surface area contributed by atoms with E-state index in [1.807, 2.05) is 6.92 Å². The SMILES string of the molecule is CC12CCC(O)C(=O)C1C2O. The van der Waals surface area contributed by atoms with E-state index in [0.29, 0.717) is 6.42 Å². The Hall–Kier alpha value is -0.410. The van der Waals surface area contributed by atoms with Gasteiger partial charge in [0, 0.05) is 5.41 Å². The fourth-order valence-electron chi connectivity index (χ4n) is 2.12. The largest absolute Gasteiger partial charge is 0.392 e. The molecular weight excluding hydrogens is 144 g/mol. The molecule has 2 fully saturated rings. The van der Waals surface area contributed by atoms with Crippen LogP contribution in [0.15, 0.2) is 0 Å². The molecule has 2 aliphatic rings. The molecule has 2 rings (SSSR count). The van der Waals surface area contributed by atoms with Crippen LogP contribution in [0.5, 0.6) is 0 Å². The minimum Gasteiger partial charge on any atom is -0.392 e. The lowest BCUT2D eigenvalue weighted by Crippen LogP contribution is -2.29. The number of aliphatic hydroxyl groups is 2. The normalized spacial score (nSPS) is 55.5. The van der Waals surface area contributed by atoms with E-state index in [1.165, 1.54) is 0 Å². The fraction of sp³-hybridized carbons (Fsp3) is 0.875. The zero-order valence-electron chi connectivity index (χ0n) is 6.45. The molecule has 0 radical (unpaired) electrons. The van der Waals surface area contributed by atoms with Crippen LogP contribution < -0.4 is 0 Å². The minimum atomic E-state index is -0.815. The van der Waals surface area contributed by atoms with Crippen LogP contribution in [0, 0.1) is 11.3 Å². The molecule has 4 atom stereocenters. The van der Waals surface area contributed by atoms with Crippen molar-refractivity contribution in [1.82, 2.24) is 0 Å². The molecule has 62 valence electrons. The van der Waals surface area contributed by atoms with E-state index < -0.39 is 12.2 Å². The minimum absolute atomic E-state index is 0.161. The van der Waals surface area contributed by atoms with Gasteiger partial charge >= 0.3 is 0 Å². The third-order valence-electron chi connectivity index (χ3n) is 3.18. The monoisotopic (exact) mass is 156 g/mol. The molecule has 2 saturated carbocycles. The smallest absolute Gasteiger partial charge is 0.167 e. The van der Waals surface area contributed by atoms with Crippen LogP contribution in [-0.4, -0.2) is 28.2 Å². The number of aliphatic hydroxyl groups excluding tert-OH is 2. The number of rotatable bonds is 0. The zero-order valence-corrected chi connectivity index (χ0v) is 6.45. The highest BCUT2D eigenvalue weighted by Gasteiger charge is 2.67. The van der Waals surface area contributed by atoms with Gasteiger partial charge in [0.25, 0.3) is 0 Å². The van der Waals surface area contributed by atoms with Crippen LogP contribution in [0.1, 0.15) is 19.8 Å². The van der Waals surface area contributed by atoms with Crippen LogP contribution in [0.3, 0.4) is 0 Å². The van der Waals surface area contributed by atoms with Crippen molar-refractivity contribution in [1.29, 1.82) is 0 Å². The number of Topliss-reactive ketones (excluding diaryl/α,β-unsaturated/α-hetero) is 1. The lowest BCUT2D eigenvalue weighted by Gasteiger charge is -2.19. The number of hydrogen-bond donors (Lipinski definition) is 2. The molecule has 0 heterocycles. The molecule has 0 aromatic heterocycles. The molecule has 0 spiro atoms. The molecule has 11 heavy (non-hydrogen) atoms. The Morgan fingerprint density at radius 2 is 2.18 bits per heavy atom. The number of carbonyl (C=O) groups excluding carboxylic acids is 1. The Kier molecular flexibility index (Phi) is 1.22. The van der Waals surface area contributed by atoms with E-state index in [9.17, 15) is 9.90 Å². The van der Waals surface area contributed by atoms with Crippen LogP contribution in [-0.2, 0) is 4.79 Å². The van der Waals surface area contributed by atoms with Gasteiger partial charge in [-0.3, -0.25) is 4.79 Å². The molecule has 0 bridgehead atoms. The Morgan fingerprint density at radius 1 is 1.55 bits per heavy atom. The first-order valence-electron chi connectivity index (χ1n) is 3.97. The molecule has 0 aliphatic heterocycles. The van der Waals surface area contributed by atoms with Crippen molar-refractivity contribution < 1.29 is 15.0 Å². The second-order valence-corrected chi connectivity index (χ2v) is 3.89. The first kappa shape index (κ1) is 7.25. The maximum absolute atomic E-state index is 11.2. The zero-order chi connectivity index (χ0) is 8.22. The molecule has 2 aliphatic carbocycles. The van der Waals surface area contributed by atoms with Gasteiger partial charge in [0.1, 0.15) is 6.10 Å². The van der Waals surface area contributed by atoms with Crippen LogP contribution in [0.2, 0.25) is 0 Å². The molecule has 3 nitrogen and oxygen atoms in total. The van der Waals surface area contributed by atoms with Crippen molar-refractivity contribution in [3.63, 3.8) is 0 Å². The van der Waals surface area contributed by atoms with Gasteiger partial charge in [0.15, 0.2) is 5.78 Å². The Morgan fingerprint density at radius 3 is 2.73 bits per heavy atom. The number of hydrogen-bond acceptors (Lipinski definition) is 3. The average Bonchev–Trinajstić information content (AvgIpc) is 2.49. The van der Waals surface area contributed by atoms with Crippen LogP contribution in [0.4, 0.5) is 0 Å². The summed E-state index contributed by atoms with van der Waals surface area (Å²) in [6, 6.07) is 0.